The number of aryl methyl sites for hydroxylation is 1. The quantitative estimate of drug-likeness (QED) is 0.841. The van der Waals surface area contributed by atoms with Gasteiger partial charge in [-0.25, -0.2) is 9.97 Å². The van der Waals surface area contributed by atoms with Crippen LogP contribution in [0.25, 0.3) is 0 Å². The maximum absolute atomic E-state index is 9.51. The molecule has 134 valence electrons. The Balaban J connectivity index is 1.69. The van der Waals surface area contributed by atoms with E-state index in [2.05, 4.69) is 50.2 Å². The zero-order chi connectivity index (χ0) is 17.8. The van der Waals surface area contributed by atoms with Gasteiger partial charge in [0.25, 0.3) is 0 Å². The molecule has 1 aromatic heterocycles. The average Bonchev–Trinajstić information content (AvgIpc) is 3.09. The molecule has 0 saturated carbocycles. The number of rotatable bonds is 6. The normalized spacial score (nSPS) is 17.0. The van der Waals surface area contributed by atoms with Gasteiger partial charge in [0.15, 0.2) is 0 Å². The standard InChI is InChI=1S/C19H27N5O/c1-14-9-16(23(2)3)7-6-15(14)11-20-18-10-19(22-13-21-18)24-8-4-5-17(24)12-25/h6-7,9-10,13,17,25H,4-5,8,11-12H2,1-3H3,(H,20,21,22). The van der Waals surface area contributed by atoms with Crippen LogP contribution in [0.2, 0.25) is 0 Å². The second-order valence-corrected chi connectivity index (χ2v) is 6.79. The van der Waals surface area contributed by atoms with Crippen molar-refractivity contribution in [2.75, 3.05) is 42.4 Å². The molecule has 0 aliphatic carbocycles. The Labute approximate surface area is 149 Å². The Morgan fingerprint density at radius 1 is 1.28 bits per heavy atom. The molecule has 1 aliphatic heterocycles. The molecule has 6 heteroatoms. The van der Waals surface area contributed by atoms with Crippen LogP contribution < -0.4 is 15.1 Å². The molecular weight excluding hydrogens is 314 g/mol. The van der Waals surface area contributed by atoms with Crippen LogP contribution in [0.15, 0.2) is 30.6 Å². The highest BCUT2D eigenvalue weighted by Gasteiger charge is 2.25. The van der Waals surface area contributed by atoms with Crippen molar-refractivity contribution in [3.63, 3.8) is 0 Å². The first-order valence-corrected chi connectivity index (χ1v) is 8.78. The number of aliphatic hydroxyl groups is 1. The second-order valence-electron chi connectivity index (χ2n) is 6.79. The number of hydrogen-bond donors (Lipinski definition) is 2. The molecular formula is C19H27N5O. The summed E-state index contributed by atoms with van der Waals surface area (Å²) in [4.78, 5) is 13.0. The van der Waals surface area contributed by atoms with E-state index < -0.39 is 0 Å². The van der Waals surface area contributed by atoms with Crippen LogP contribution in [0.5, 0.6) is 0 Å². The van der Waals surface area contributed by atoms with Crippen LogP contribution in [-0.2, 0) is 6.54 Å². The maximum atomic E-state index is 9.51. The van der Waals surface area contributed by atoms with Crippen molar-refractivity contribution >= 4 is 17.3 Å². The Morgan fingerprint density at radius 2 is 2.12 bits per heavy atom. The number of hydrogen-bond acceptors (Lipinski definition) is 6. The predicted molar refractivity (Wildman–Crippen MR) is 102 cm³/mol. The highest BCUT2D eigenvalue weighted by Crippen LogP contribution is 2.25. The van der Waals surface area contributed by atoms with E-state index >= 15 is 0 Å². The fourth-order valence-electron chi connectivity index (χ4n) is 3.27. The molecule has 25 heavy (non-hydrogen) atoms. The maximum Gasteiger partial charge on any atom is 0.134 e. The van der Waals surface area contributed by atoms with Gasteiger partial charge in [0.2, 0.25) is 0 Å². The van der Waals surface area contributed by atoms with Crippen LogP contribution in [0, 0.1) is 6.92 Å². The lowest BCUT2D eigenvalue weighted by Gasteiger charge is -2.24. The van der Waals surface area contributed by atoms with Crippen molar-refractivity contribution in [1.29, 1.82) is 0 Å². The van der Waals surface area contributed by atoms with E-state index in [0.29, 0.717) is 0 Å². The van der Waals surface area contributed by atoms with Crippen LogP contribution in [0.1, 0.15) is 24.0 Å². The molecule has 2 heterocycles. The third-order valence-electron chi connectivity index (χ3n) is 4.84. The van der Waals surface area contributed by atoms with E-state index in [-0.39, 0.29) is 12.6 Å². The number of aliphatic hydroxyl groups excluding tert-OH is 1. The Kier molecular flexibility index (Phi) is 5.38. The van der Waals surface area contributed by atoms with Crippen molar-refractivity contribution in [3.05, 3.63) is 41.7 Å². The SMILES string of the molecule is Cc1cc(N(C)C)ccc1CNc1cc(N2CCCC2CO)ncn1. The molecule has 0 bridgehead atoms. The van der Waals surface area contributed by atoms with E-state index in [1.165, 1.54) is 16.8 Å². The monoisotopic (exact) mass is 341 g/mol. The molecule has 1 unspecified atom stereocenters. The lowest BCUT2D eigenvalue weighted by molar-refractivity contribution is 0.266. The Hall–Kier alpha value is -2.34. The van der Waals surface area contributed by atoms with Crippen molar-refractivity contribution in [3.8, 4) is 0 Å². The molecule has 0 spiro atoms. The van der Waals surface area contributed by atoms with Gasteiger partial charge in [-0.1, -0.05) is 6.07 Å². The smallest absolute Gasteiger partial charge is 0.134 e. The van der Waals surface area contributed by atoms with Gasteiger partial charge in [0.05, 0.1) is 12.6 Å². The van der Waals surface area contributed by atoms with Gasteiger partial charge < -0.3 is 20.2 Å². The average molecular weight is 341 g/mol. The summed E-state index contributed by atoms with van der Waals surface area (Å²) in [5.74, 6) is 1.69. The molecule has 3 rings (SSSR count). The fraction of sp³-hybridized carbons (Fsp3) is 0.474. The van der Waals surface area contributed by atoms with E-state index in [0.717, 1.165) is 37.6 Å². The summed E-state index contributed by atoms with van der Waals surface area (Å²) in [5, 5.41) is 12.9. The zero-order valence-electron chi connectivity index (χ0n) is 15.2. The molecule has 1 aliphatic rings. The fourth-order valence-corrected chi connectivity index (χ4v) is 3.27. The van der Waals surface area contributed by atoms with Crippen molar-refractivity contribution in [2.24, 2.45) is 0 Å². The highest BCUT2D eigenvalue weighted by molar-refractivity contribution is 5.52. The molecule has 2 N–H and O–H groups in total. The second kappa shape index (κ2) is 7.70. The molecule has 1 saturated heterocycles. The van der Waals surface area contributed by atoms with Gasteiger partial charge >= 0.3 is 0 Å². The third kappa shape index (κ3) is 4.02. The number of aromatic nitrogens is 2. The van der Waals surface area contributed by atoms with Crippen LogP contribution >= 0.6 is 0 Å². The topological polar surface area (TPSA) is 64.5 Å². The van der Waals surface area contributed by atoms with Crippen LogP contribution in [0.3, 0.4) is 0 Å². The summed E-state index contributed by atoms with van der Waals surface area (Å²) >= 11 is 0. The molecule has 1 fully saturated rings. The molecule has 0 radical (unpaired) electrons. The van der Waals surface area contributed by atoms with E-state index in [4.69, 9.17) is 0 Å². The van der Waals surface area contributed by atoms with Crippen LogP contribution in [0.4, 0.5) is 17.3 Å². The first-order valence-electron chi connectivity index (χ1n) is 8.78. The predicted octanol–water partition coefficient (Wildman–Crippen LogP) is 2.42. The Bertz CT molecular complexity index is 719. The number of anilines is 3. The van der Waals surface area contributed by atoms with Gasteiger partial charge in [-0.2, -0.15) is 0 Å². The van der Waals surface area contributed by atoms with Crippen molar-refractivity contribution < 1.29 is 5.11 Å². The lowest BCUT2D eigenvalue weighted by Crippen LogP contribution is -2.32. The summed E-state index contributed by atoms with van der Waals surface area (Å²) in [7, 11) is 4.10. The van der Waals surface area contributed by atoms with Gasteiger partial charge in [0.1, 0.15) is 18.0 Å². The number of nitrogens with zero attached hydrogens (tertiary/aromatic N) is 4. The van der Waals surface area contributed by atoms with E-state index in [9.17, 15) is 5.11 Å². The minimum atomic E-state index is 0.170. The van der Waals surface area contributed by atoms with Gasteiger partial charge in [0, 0.05) is 38.9 Å². The minimum absolute atomic E-state index is 0.170. The first-order chi connectivity index (χ1) is 12.1. The van der Waals surface area contributed by atoms with Gasteiger partial charge in [-0.05, 0) is 43.0 Å². The lowest BCUT2D eigenvalue weighted by atomic mass is 10.1. The van der Waals surface area contributed by atoms with E-state index in [1.807, 2.05) is 20.2 Å². The van der Waals surface area contributed by atoms with E-state index in [1.54, 1.807) is 6.33 Å². The van der Waals surface area contributed by atoms with Crippen molar-refractivity contribution in [1.82, 2.24) is 9.97 Å². The van der Waals surface area contributed by atoms with Gasteiger partial charge in [-0.3, -0.25) is 0 Å². The van der Waals surface area contributed by atoms with Crippen molar-refractivity contribution in [2.45, 2.75) is 32.4 Å². The summed E-state index contributed by atoms with van der Waals surface area (Å²) in [6.45, 7) is 3.96. The molecule has 6 nitrogen and oxygen atoms in total. The largest absolute Gasteiger partial charge is 0.394 e. The Morgan fingerprint density at radius 3 is 2.84 bits per heavy atom. The molecule has 1 atom stereocenters. The molecule has 0 amide bonds. The zero-order valence-corrected chi connectivity index (χ0v) is 15.2. The molecule has 1 aromatic carbocycles. The van der Waals surface area contributed by atoms with Gasteiger partial charge in [-0.15, -0.1) is 0 Å². The minimum Gasteiger partial charge on any atom is -0.394 e. The highest BCUT2D eigenvalue weighted by atomic mass is 16.3. The van der Waals surface area contributed by atoms with Crippen LogP contribution in [-0.4, -0.2) is 48.4 Å². The molecule has 2 aromatic rings. The number of nitrogens with one attached hydrogen (secondary N) is 1. The summed E-state index contributed by atoms with van der Waals surface area (Å²) in [6.07, 6.45) is 3.70. The summed E-state index contributed by atoms with van der Waals surface area (Å²) in [5.41, 5.74) is 3.71. The third-order valence-corrected chi connectivity index (χ3v) is 4.84. The summed E-state index contributed by atoms with van der Waals surface area (Å²) < 4.78 is 0. The summed E-state index contributed by atoms with van der Waals surface area (Å²) in [6, 6.07) is 8.62. The number of benzene rings is 1. The first kappa shape index (κ1) is 17.5.